The van der Waals surface area contributed by atoms with Gasteiger partial charge in [-0.25, -0.2) is 0 Å². The fourth-order valence-electron chi connectivity index (χ4n) is 1.28. The fourth-order valence-corrected chi connectivity index (χ4v) is 2.09. The largest absolute Gasteiger partial charge is 0.340 e. The van der Waals surface area contributed by atoms with E-state index in [0.29, 0.717) is 12.5 Å². The first kappa shape index (κ1) is 10.5. The molecule has 0 aromatic carbocycles. The summed E-state index contributed by atoms with van der Waals surface area (Å²) < 4.78 is 3.15. The molecule has 0 spiro atoms. The molecular formula is C10H14BrNO. The topological polar surface area (TPSA) is 22.0 Å². The molecule has 0 N–H and O–H groups in total. The molecule has 2 nitrogen and oxygen atoms in total. The second-order valence-corrected chi connectivity index (χ2v) is 4.36. The Labute approximate surface area is 87.1 Å². The van der Waals surface area contributed by atoms with Crippen molar-refractivity contribution in [2.75, 3.05) is 0 Å². The molecule has 1 heterocycles. The predicted molar refractivity (Wildman–Crippen MR) is 56.9 cm³/mol. The van der Waals surface area contributed by atoms with Gasteiger partial charge in [0.25, 0.3) is 0 Å². The maximum atomic E-state index is 10.9. The van der Waals surface area contributed by atoms with Gasteiger partial charge in [-0.3, -0.25) is 4.79 Å². The zero-order chi connectivity index (χ0) is 10.0. The van der Waals surface area contributed by atoms with Gasteiger partial charge < -0.3 is 4.57 Å². The van der Waals surface area contributed by atoms with Crippen molar-refractivity contribution in [2.24, 2.45) is 0 Å². The molecule has 0 aliphatic heterocycles. The Bertz CT molecular complexity index is 315. The summed E-state index contributed by atoms with van der Waals surface area (Å²) in [5, 5.41) is 0. The van der Waals surface area contributed by atoms with E-state index in [1.54, 1.807) is 6.92 Å². The van der Waals surface area contributed by atoms with Crippen LogP contribution in [0.25, 0.3) is 0 Å². The van der Waals surface area contributed by atoms with Crippen LogP contribution in [0.2, 0.25) is 0 Å². The lowest BCUT2D eigenvalue weighted by atomic mass is 10.2. The van der Waals surface area contributed by atoms with Crippen molar-refractivity contribution in [3.8, 4) is 0 Å². The highest BCUT2D eigenvalue weighted by Gasteiger charge is 2.07. The maximum absolute atomic E-state index is 10.9. The number of nitrogens with zero attached hydrogens (tertiary/aromatic N) is 1. The Morgan fingerprint density at radius 3 is 2.62 bits per heavy atom. The highest BCUT2D eigenvalue weighted by molar-refractivity contribution is 9.10. The number of rotatable bonds is 3. The molecule has 13 heavy (non-hydrogen) atoms. The Balaban J connectivity index is 2.88. The van der Waals surface area contributed by atoms with E-state index in [1.165, 1.54) is 0 Å². The Morgan fingerprint density at radius 2 is 2.23 bits per heavy atom. The van der Waals surface area contributed by atoms with E-state index in [2.05, 4.69) is 34.3 Å². The van der Waals surface area contributed by atoms with E-state index in [9.17, 15) is 4.79 Å². The van der Waals surface area contributed by atoms with Gasteiger partial charge in [0, 0.05) is 18.7 Å². The first-order valence-electron chi connectivity index (χ1n) is 4.36. The summed E-state index contributed by atoms with van der Waals surface area (Å²) in [7, 11) is 0. The Hall–Kier alpha value is -0.570. The van der Waals surface area contributed by atoms with Crippen LogP contribution in [-0.4, -0.2) is 10.4 Å². The first-order valence-corrected chi connectivity index (χ1v) is 5.15. The second kappa shape index (κ2) is 4.09. The second-order valence-electron chi connectivity index (χ2n) is 3.55. The van der Waals surface area contributed by atoms with Crippen molar-refractivity contribution in [2.45, 2.75) is 33.2 Å². The highest BCUT2D eigenvalue weighted by Crippen LogP contribution is 2.20. The van der Waals surface area contributed by atoms with E-state index in [0.717, 1.165) is 10.2 Å². The molecule has 1 rings (SSSR count). The van der Waals surface area contributed by atoms with E-state index in [4.69, 9.17) is 0 Å². The van der Waals surface area contributed by atoms with Crippen molar-refractivity contribution < 1.29 is 4.79 Å². The molecule has 0 fully saturated rings. The standard InChI is InChI=1S/C10H14BrNO/c1-7(2)12-6-9(4-8(3)13)5-10(12)11/h5-7H,4H2,1-3H3. The number of ketones is 1. The molecule has 0 unspecified atom stereocenters. The van der Waals surface area contributed by atoms with Crippen LogP contribution < -0.4 is 0 Å². The van der Waals surface area contributed by atoms with Gasteiger partial charge >= 0.3 is 0 Å². The molecule has 72 valence electrons. The average Bonchev–Trinajstić information content (AvgIpc) is 2.29. The molecule has 0 saturated heterocycles. The minimum absolute atomic E-state index is 0.202. The van der Waals surface area contributed by atoms with Crippen LogP contribution >= 0.6 is 15.9 Å². The van der Waals surface area contributed by atoms with Crippen LogP contribution in [0.4, 0.5) is 0 Å². The highest BCUT2D eigenvalue weighted by atomic mass is 79.9. The van der Waals surface area contributed by atoms with Gasteiger partial charge in [0.2, 0.25) is 0 Å². The maximum Gasteiger partial charge on any atom is 0.134 e. The molecule has 0 atom stereocenters. The third-order valence-corrected chi connectivity index (χ3v) is 2.50. The molecule has 0 radical (unpaired) electrons. The van der Waals surface area contributed by atoms with Gasteiger partial charge in [-0.1, -0.05) is 0 Å². The molecular weight excluding hydrogens is 230 g/mol. The Kier molecular flexibility index (Phi) is 3.31. The molecule has 0 aliphatic carbocycles. The smallest absolute Gasteiger partial charge is 0.134 e. The molecule has 0 amide bonds. The fraction of sp³-hybridized carbons (Fsp3) is 0.500. The van der Waals surface area contributed by atoms with E-state index < -0.39 is 0 Å². The van der Waals surface area contributed by atoms with Crippen molar-refractivity contribution >= 4 is 21.7 Å². The third-order valence-electron chi connectivity index (χ3n) is 1.87. The monoisotopic (exact) mass is 243 g/mol. The van der Waals surface area contributed by atoms with Crippen LogP contribution in [-0.2, 0) is 11.2 Å². The van der Waals surface area contributed by atoms with Gasteiger partial charge in [-0.05, 0) is 48.3 Å². The molecule has 3 heteroatoms. The summed E-state index contributed by atoms with van der Waals surface area (Å²) >= 11 is 3.46. The number of halogens is 1. The normalized spacial score (nSPS) is 10.8. The van der Waals surface area contributed by atoms with Crippen LogP contribution in [0.5, 0.6) is 0 Å². The Morgan fingerprint density at radius 1 is 1.62 bits per heavy atom. The quantitative estimate of drug-likeness (QED) is 0.801. The average molecular weight is 244 g/mol. The number of carbonyl (C=O) groups excluding carboxylic acids is 1. The summed E-state index contributed by atoms with van der Waals surface area (Å²) in [6.07, 6.45) is 2.55. The third kappa shape index (κ3) is 2.69. The summed E-state index contributed by atoms with van der Waals surface area (Å²) in [6.45, 7) is 5.84. The van der Waals surface area contributed by atoms with Crippen LogP contribution in [0.15, 0.2) is 16.9 Å². The van der Waals surface area contributed by atoms with Gasteiger partial charge in [-0.2, -0.15) is 0 Å². The van der Waals surface area contributed by atoms with Crippen molar-refractivity contribution in [3.63, 3.8) is 0 Å². The van der Waals surface area contributed by atoms with Crippen LogP contribution in [0.1, 0.15) is 32.4 Å². The summed E-state index contributed by atoms with van der Waals surface area (Å²) in [4.78, 5) is 10.9. The van der Waals surface area contributed by atoms with Crippen LogP contribution in [0, 0.1) is 0 Å². The van der Waals surface area contributed by atoms with Gasteiger partial charge in [0.15, 0.2) is 0 Å². The number of carbonyl (C=O) groups is 1. The molecule has 0 aliphatic rings. The number of aromatic nitrogens is 1. The van der Waals surface area contributed by atoms with E-state index in [-0.39, 0.29) is 5.78 Å². The summed E-state index contributed by atoms with van der Waals surface area (Å²) in [6, 6.07) is 2.43. The van der Waals surface area contributed by atoms with Crippen molar-refractivity contribution in [1.29, 1.82) is 0 Å². The molecule has 0 bridgehead atoms. The van der Waals surface area contributed by atoms with Gasteiger partial charge in [-0.15, -0.1) is 0 Å². The van der Waals surface area contributed by atoms with Crippen molar-refractivity contribution in [1.82, 2.24) is 4.57 Å². The number of hydrogen-bond donors (Lipinski definition) is 0. The minimum Gasteiger partial charge on any atom is -0.340 e. The number of hydrogen-bond acceptors (Lipinski definition) is 1. The SMILES string of the molecule is CC(=O)Cc1cc(Br)n(C(C)C)c1. The molecule has 1 aromatic heterocycles. The molecule has 1 aromatic rings. The van der Waals surface area contributed by atoms with Crippen LogP contribution in [0.3, 0.4) is 0 Å². The zero-order valence-corrected chi connectivity index (χ0v) is 9.76. The summed E-state index contributed by atoms with van der Waals surface area (Å²) in [5.41, 5.74) is 1.08. The summed E-state index contributed by atoms with van der Waals surface area (Å²) in [5.74, 6) is 0.202. The first-order chi connectivity index (χ1) is 6.00. The van der Waals surface area contributed by atoms with Crippen molar-refractivity contribution in [3.05, 3.63) is 22.4 Å². The van der Waals surface area contributed by atoms with E-state index in [1.807, 2.05) is 12.3 Å². The molecule has 0 saturated carbocycles. The lowest BCUT2D eigenvalue weighted by Gasteiger charge is -2.07. The minimum atomic E-state index is 0.202. The van der Waals surface area contributed by atoms with Gasteiger partial charge in [0.1, 0.15) is 5.78 Å². The predicted octanol–water partition coefficient (Wildman–Crippen LogP) is 2.96. The number of Topliss-reactive ketones (excluding diaryl/α,β-unsaturated/α-hetero) is 1. The lowest BCUT2D eigenvalue weighted by Crippen LogP contribution is -1.99. The zero-order valence-electron chi connectivity index (χ0n) is 8.17. The van der Waals surface area contributed by atoms with E-state index >= 15 is 0 Å². The lowest BCUT2D eigenvalue weighted by molar-refractivity contribution is -0.116. The van der Waals surface area contributed by atoms with Gasteiger partial charge in [0.05, 0.1) is 4.60 Å².